The van der Waals surface area contributed by atoms with Crippen molar-refractivity contribution in [3.63, 3.8) is 0 Å². The van der Waals surface area contributed by atoms with Crippen LogP contribution in [0.25, 0.3) is 22.3 Å². The number of nitro groups is 1. The maximum Gasteiger partial charge on any atom is 0.274 e. The van der Waals surface area contributed by atoms with E-state index >= 15 is 0 Å². The van der Waals surface area contributed by atoms with Gasteiger partial charge in [-0.25, -0.2) is 4.98 Å². The van der Waals surface area contributed by atoms with Gasteiger partial charge in [0.25, 0.3) is 11.2 Å². The molecule has 0 N–H and O–H groups in total. The zero-order valence-electron chi connectivity index (χ0n) is 15.2. The first-order valence-electron chi connectivity index (χ1n) is 8.48. The lowest BCUT2D eigenvalue weighted by atomic mass is 10.1. The number of aromatic nitrogens is 2. The van der Waals surface area contributed by atoms with Crippen LogP contribution in [0.3, 0.4) is 0 Å². The first kappa shape index (κ1) is 17.9. The number of thiazole rings is 1. The number of nitro benzene ring substituents is 1. The van der Waals surface area contributed by atoms with Crippen LogP contribution in [0, 0.1) is 10.1 Å². The lowest BCUT2D eigenvalue weighted by Gasteiger charge is -2.11. The minimum atomic E-state index is -0.446. The van der Waals surface area contributed by atoms with Crippen LogP contribution < -0.4 is 15.0 Å². The molecule has 140 valence electrons. The van der Waals surface area contributed by atoms with Crippen LogP contribution in [0.2, 0.25) is 0 Å². The summed E-state index contributed by atoms with van der Waals surface area (Å²) in [4.78, 5) is 30.1. The smallest absolute Gasteiger partial charge is 0.274 e. The van der Waals surface area contributed by atoms with Gasteiger partial charge < -0.3 is 4.90 Å². The fraction of sp³-hybridized carbons (Fsp3) is 0.100. The van der Waals surface area contributed by atoms with Gasteiger partial charge in [-0.15, -0.1) is 0 Å². The molecule has 2 aromatic carbocycles. The van der Waals surface area contributed by atoms with Gasteiger partial charge in [-0.05, 0) is 35.9 Å². The van der Waals surface area contributed by atoms with Gasteiger partial charge in [0.2, 0.25) is 0 Å². The normalized spacial score (nSPS) is 11.9. The Morgan fingerprint density at radius 2 is 1.79 bits per heavy atom. The van der Waals surface area contributed by atoms with Crippen molar-refractivity contribution >= 4 is 33.7 Å². The Kier molecular flexibility index (Phi) is 4.40. The number of imidazole rings is 1. The van der Waals surface area contributed by atoms with E-state index in [2.05, 4.69) is 4.98 Å². The van der Waals surface area contributed by atoms with Crippen molar-refractivity contribution < 1.29 is 4.92 Å². The van der Waals surface area contributed by atoms with Crippen molar-refractivity contribution in [2.24, 2.45) is 0 Å². The Morgan fingerprint density at radius 1 is 1.11 bits per heavy atom. The quantitative estimate of drug-likeness (QED) is 0.394. The molecule has 4 aromatic rings. The van der Waals surface area contributed by atoms with Gasteiger partial charge in [-0.2, -0.15) is 0 Å². The molecule has 2 heterocycles. The van der Waals surface area contributed by atoms with Crippen LogP contribution >= 0.6 is 11.3 Å². The molecule has 0 radical (unpaired) electrons. The molecule has 0 saturated heterocycles. The Morgan fingerprint density at radius 3 is 2.36 bits per heavy atom. The average Bonchev–Trinajstić information content (AvgIpc) is 3.22. The summed E-state index contributed by atoms with van der Waals surface area (Å²) in [5.74, 6) is 0. The molecule has 0 fully saturated rings. The summed E-state index contributed by atoms with van der Waals surface area (Å²) in [6, 6.07) is 14.1. The minimum absolute atomic E-state index is 0.0199. The van der Waals surface area contributed by atoms with E-state index in [1.54, 1.807) is 18.3 Å². The number of hydrogen-bond donors (Lipinski definition) is 0. The summed E-state index contributed by atoms with van der Waals surface area (Å²) in [5, 5.41) is 10.8. The summed E-state index contributed by atoms with van der Waals surface area (Å²) >= 11 is 1.32. The molecule has 8 heteroatoms. The molecular formula is C20H16N4O3S. The maximum absolute atomic E-state index is 12.7. The van der Waals surface area contributed by atoms with Crippen molar-refractivity contribution in [3.8, 4) is 11.3 Å². The highest BCUT2D eigenvalue weighted by molar-refractivity contribution is 7.15. The van der Waals surface area contributed by atoms with E-state index in [0.717, 1.165) is 16.8 Å². The molecule has 7 nitrogen and oxygen atoms in total. The molecule has 0 aliphatic heterocycles. The second-order valence-corrected chi connectivity index (χ2v) is 7.49. The molecule has 2 aromatic heterocycles. The van der Waals surface area contributed by atoms with E-state index in [1.807, 2.05) is 49.3 Å². The predicted molar refractivity (Wildman–Crippen MR) is 111 cm³/mol. The first-order valence-corrected chi connectivity index (χ1v) is 9.30. The molecule has 0 aliphatic rings. The van der Waals surface area contributed by atoms with E-state index in [-0.39, 0.29) is 11.2 Å². The van der Waals surface area contributed by atoms with Crippen LogP contribution in [-0.4, -0.2) is 28.4 Å². The lowest BCUT2D eigenvalue weighted by Crippen LogP contribution is -2.22. The third-order valence-corrected chi connectivity index (χ3v) is 5.37. The number of benzene rings is 2. The molecule has 0 unspecified atom stereocenters. The van der Waals surface area contributed by atoms with Crippen molar-refractivity contribution in [1.82, 2.24) is 9.38 Å². The second-order valence-electron chi connectivity index (χ2n) is 6.48. The lowest BCUT2D eigenvalue weighted by molar-refractivity contribution is -0.384. The number of rotatable bonds is 4. The summed E-state index contributed by atoms with van der Waals surface area (Å²) in [7, 11) is 3.95. The van der Waals surface area contributed by atoms with Crippen LogP contribution in [0.5, 0.6) is 0 Å². The van der Waals surface area contributed by atoms with Crippen LogP contribution in [0.1, 0.15) is 5.56 Å². The highest BCUT2D eigenvalue weighted by Gasteiger charge is 2.11. The molecule has 0 atom stereocenters. The monoisotopic (exact) mass is 392 g/mol. The van der Waals surface area contributed by atoms with E-state index in [4.69, 9.17) is 0 Å². The van der Waals surface area contributed by atoms with Crippen molar-refractivity contribution in [3.05, 3.63) is 85.3 Å². The fourth-order valence-corrected chi connectivity index (χ4v) is 3.80. The zero-order chi connectivity index (χ0) is 19.8. The number of anilines is 1. The van der Waals surface area contributed by atoms with Gasteiger partial charge >= 0.3 is 0 Å². The van der Waals surface area contributed by atoms with Crippen LogP contribution in [0.15, 0.2) is 59.5 Å². The molecule has 0 aliphatic carbocycles. The predicted octanol–water partition coefficient (Wildman–Crippen LogP) is 2.94. The Labute approximate surface area is 164 Å². The van der Waals surface area contributed by atoms with Crippen molar-refractivity contribution in [2.45, 2.75) is 0 Å². The molecule has 0 amide bonds. The molecule has 0 bridgehead atoms. The third kappa shape index (κ3) is 3.25. The van der Waals surface area contributed by atoms with E-state index in [0.29, 0.717) is 15.2 Å². The number of hydrogen-bond acceptors (Lipinski definition) is 6. The topological polar surface area (TPSA) is 80.8 Å². The van der Waals surface area contributed by atoms with E-state index in [9.17, 15) is 14.9 Å². The summed E-state index contributed by atoms with van der Waals surface area (Å²) in [5.41, 5.74) is 3.27. The maximum atomic E-state index is 12.7. The summed E-state index contributed by atoms with van der Waals surface area (Å²) in [6.07, 6.45) is 3.52. The molecule has 0 saturated carbocycles. The Hall–Kier alpha value is -3.52. The van der Waals surface area contributed by atoms with E-state index < -0.39 is 4.92 Å². The van der Waals surface area contributed by atoms with Crippen LogP contribution in [0.4, 0.5) is 11.4 Å². The third-order valence-electron chi connectivity index (χ3n) is 4.39. The highest BCUT2D eigenvalue weighted by atomic mass is 32.1. The van der Waals surface area contributed by atoms with Gasteiger partial charge in [0.1, 0.15) is 0 Å². The number of non-ortho nitro benzene ring substituents is 1. The van der Waals surface area contributed by atoms with Gasteiger partial charge in [-0.1, -0.05) is 23.5 Å². The van der Waals surface area contributed by atoms with Gasteiger partial charge in [0.15, 0.2) is 4.96 Å². The van der Waals surface area contributed by atoms with Crippen LogP contribution in [-0.2, 0) is 0 Å². The minimum Gasteiger partial charge on any atom is -0.378 e. The second kappa shape index (κ2) is 6.90. The Bertz CT molecular complexity index is 1270. The molecular weight excluding hydrogens is 376 g/mol. The first-order chi connectivity index (χ1) is 13.4. The largest absolute Gasteiger partial charge is 0.378 e. The summed E-state index contributed by atoms with van der Waals surface area (Å²) < 4.78 is 2.12. The Balaban J connectivity index is 1.70. The highest BCUT2D eigenvalue weighted by Crippen LogP contribution is 2.22. The number of nitrogens with zero attached hydrogens (tertiary/aromatic N) is 4. The SMILES string of the molecule is CN(C)c1ccc(/C=c2\sc3nc(-c4ccc([N+](=O)[O-])cc4)cn3c2=O)cc1. The standard InChI is InChI=1S/C20H16N4O3S/c1-22(2)15-7-3-13(4-8-15)11-18-19(25)23-12-17(21-20(23)28-18)14-5-9-16(10-6-14)24(26)27/h3-12H,1-2H3/b18-11-. The zero-order valence-corrected chi connectivity index (χ0v) is 16.0. The molecule has 28 heavy (non-hydrogen) atoms. The van der Waals surface area contributed by atoms with Crippen molar-refractivity contribution in [2.75, 3.05) is 19.0 Å². The molecule has 0 spiro atoms. The number of fused-ring (bicyclic) bond motifs is 1. The summed E-state index contributed by atoms with van der Waals surface area (Å²) in [6.45, 7) is 0. The van der Waals surface area contributed by atoms with Crippen molar-refractivity contribution in [1.29, 1.82) is 0 Å². The van der Waals surface area contributed by atoms with Gasteiger partial charge in [-0.3, -0.25) is 19.3 Å². The average molecular weight is 392 g/mol. The fourth-order valence-electron chi connectivity index (χ4n) is 2.85. The molecule has 4 rings (SSSR count). The van der Waals surface area contributed by atoms with E-state index in [1.165, 1.54) is 27.9 Å². The van der Waals surface area contributed by atoms with Gasteiger partial charge in [0.05, 0.1) is 15.1 Å². The van der Waals surface area contributed by atoms with Gasteiger partial charge in [0, 0.05) is 43.7 Å².